The molecule has 0 spiro atoms. The van der Waals surface area contributed by atoms with E-state index in [1.807, 2.05) is 0 Å². The Bertz CT molecular complexity index is 451. The van der Waals surface area contributed by atoms with Crippen LogP contribution in [-0.4, -0.2) is 11.0 Å². The van der Waals surface area contributed by atoms with Crippen LogP contribution in [0.1, 0.15) is 40.5 Å². The third kappa shape index (κ3) is 4.79. The molecule has 0 heterocycles. The molecule has 0 radical (unpaired) electrons. The van der Waals surface area contributed by atoms with Gasteiger partial charge in [-0.05, 0) is 30.7 Å². The number of nitrogens with zero attached hydrogens (tertiary/aromatic N) is 1. The summed E-state index contributed by atoms with van der Waals surface area (Å²) in [5.41, 5.74) is -0.202. The zero-order valence-electron chi connectivity index (χ0n) is 12.5. The lowest BCUT2D eigenvalue weighted by molar-refractivity contribution is -0.384. The summed E-state index contributed by atoms with van der Waals surface area (Å²) >= 11 is 0. The van der Waals surface area contributed by atoms with Crippen molar-refractivity contribution in [3.8, 4) is 0 Å². The molecule has 0 amide bonds. The number of hydrogen-bond donors (Lipinski definition) is 1. The van der Waals surface area contributed by atoms with Crippen LogP contribution in [0.4, 0.5) is 15.8 Å². The molecule has 20 heavy (non-hydrogen) atoms. The maximum atomic E-state index is 13.9. The SMILES string of the molecule is CC(C)CC(CC(C)C)Nc1c(F)cccc1[N+](=O)[O-]. The minimum atomic E-state index is -0.572. The fraction of sp³-hybridized carbons (Fsp3) is 0.600. The number of benzene rings is 1. The van der Waals surface area contributed by atoms with Crippen LogP contribution in [0.5, 0.6) is 0 Å². The van der Waals surface area contributed by atoms with Gasteiger partial charge >= 0.3 is 0 Å². The Kier molecular flexibility index (Phi) is 5.92. The summed E-state index contributed by atoms with van der Waals surface area (Å²) in [4.78, 5) is 10.5. The van der Waals surface area contributed by atoms with E-state index in [0.717, 1.165) is 12.8 Å². The van der Waals surface area contributed by atoms with Crippen LogP contribution in [0.2, 0.25) is 0 Å². The fourth-order valence-electron chi connectivity index (χ4n) is 2.36. The molecule has 0 fully saturated rings. The van der Waals surface area contributed by atoms with E-state index < -0.39 is 10.7 Å². The van der Waals surface area contributed by atoms with Gasteiger partial charge in [-0.1, -0.05) is 33.8 Å². The first-order chi connectivity index (χ1) is 9.31. The van der Waals surface area contributed by atoms with Crippen molar-refractivity contribution in [2.24, 2.45) is 11.8 Å². The van der Waals surface area contributed by atoms with E-state index in [1.54, 1.807) is 0 Å². The van der Waals surface area contributed by atoms with Crippen LogP contribution >= 0.6 is 0 Å². The lowest BCUT2D eigenvalue weighted by atomic mass is 9.95. The highest BCUT2D eigenvalue weighted by Gasteiger charge is 2.22. The van der Waals surface area contributed by atoms with Crippen molar-refractivity contribution in [1.29, 1.82) is 0 Å². The van der Waals surface area contributed by atoms with Crippen molar-refractivity contribution in [3.05, 3.63) is 34.1 Å². The number of rotatable bonds is 7. The van der Waals surface area contributed by atoms with Crippen LogP contribution in [0.3, 0.4) is 0 Å². The summed E-state index contributed by atoms with van der Waals surface area (Å²) < 4.78 is 13.9. The van der Waals surface area contributed by atoms with E-state index in [-0.39, 0.29) is 17.4 Å². The van der Waals surface area contributed by atoms with E-state index in [1.165, 1.54) is 18.2 Å². The molecule has 0 aromatic heterocycles. The standard InChI is InChI=1S/C15H23FN2O2/c1-10(2)8-12(9-11(3)4)17-15-13(16)6-5-7-14(15)18(19)20/h5-7,10-12,17H,8-9H2,1-4H3. The van der Waals surface area contributed by atoms with E-state index in [4.69, 9.17) is 0 Å². The monoisotopic (exact) mass is 282 g/mol. The topological polar surface area (TPSA) is 55.2 Å². The van der Waals surface area contributed by atoms with Gasteiger partial charge in [-0.25, -0.2) is 4.39 Å². The molecule has 1 N–H and O–H groups in total. The summed E-state index contributed by atoms with van der Waals surface area (Å²) in [6, 6.07) is 3.97. The Morgan fingerprint density at radius 3 is 2.20 bits per heavy atom. The molecule has 0 bridgehead atoms. The van der Waals surface area contributed by atoms with Crippen molar-refractivity contribution >= 4 is 11.4 Å². The van der Waals surface area contributed by atoms with Gasteiger partial charge in [-0.2, -0.15) is 0 Å². The zero-order valence-corrected chi connectivity index (χ0v) is 12.5. The largest absolute Gasteiger partial charge is 0.374 e. The molecule has 0 aliphatic heterocycles. The van der Waals surface area contributed by atoms with E-state index in [0.29, 0.717) is 11.8 Å². The van der Waals surface area contributed by atoms with Gasteiger partial charge in [-0.15, -0.1) is 0 Å². The lowest BCUT2D eigenvalue weighted by Crippen LogP contribution is -2.24. The van der Waals surface area contributed by atoms with Crippen LogP contribution in [-0.2, 0) is 0 Å². The molecule has 0 aliphatic carbocycles. The van der Waals surface area contributed by atoms with E-state index in [2.05, 4.69) is 33.0 Å². The minimum absolute atomic E-state index is 0.00352. The molecular formula is C15H23FN2O2. The fourth-order valence-corrected chi connectivity index (χ4v) is 2.36. The van der Waals surface area contributed by atoms with Gasteiger partial charge < -0.3 is 5.32 Å². The predicted molar refractivity (Wildman–Crippen MR) is 79.4 cm³/mol. The molecule has 1 aromatic carbocycles. The van der Waals surface area contributed by atoms with Crippen molar-refractivity contribution in [2.45, 2.75) is 46.6 Å². The molecule has 1 aromatic rings. The lowest BCUT2D eigenvalue weighted by Gasteiger charge is -2.23. The van der Waals surface area contributed by atoms with Crippen molar-refractivity contribution < 1.29 is 9.31 Å². The van der Waals surface area contributed by atoms with Gasteiger partial charge in [0.15, 0.2) is 5.82 Å². The molecule has 0 saturated carbocycles. The number of nitro groups is 1. The third-order valence-corrected chi connectivity index (χ3v) is 3.05. The third-order valence-electron chi connectivity index (χ3n) is 3.05. The van der Waals surface area contributed by atoms with Crippen molar-refractivity contribution in [1.82, 2.24) is 0 Å². The number of anilines is 1. The van der Waals surface area contributed by atoms with Crippen LogP contribution in [0, 0.1) is 27.8 Å². The molecule has 5 heteroatoms. The average molecular weight is 282 g/mol. The Morgan fingerprint density at radius 1 is 1.20 bits per heavy atom. The van der Waals surface area contributed by atoms with Crippen LogP contribution in [0.15, 0.2) is 18.2 Å². The number of para-hydroxylation sites is 1. The van der Waals surface area contributed by atoms with Crippen molar-refractivity contribution in [2.75, 3.05) is 5.32 Å². The van der Waals surface area contributed by atoms with Crippen LogP contribution < -0.4 is 5.32 Å². The maximum Gasteiger partial charge on any atom is 0.295 e. The van der Waals surface area contributed by atoms with Gasteiger partial charge in [0.2, 0.25) is 0 Å². The molecule has 4 nitrogen and oxygen atoms in total. The van der Waals surface area contributed by atoms with Crippen LogP contribution in [0.25, 0.3) is 0 Å². The van der Waals surface area contributed by atoms with E-state index in [9.17, 15) is 14.5 Å². The quantitative estimate of drug-likeness (QED) is 0.587. The second kappa shape index (κ2) is 7.22. The van der Waals surface area contributed by atoms with Crippen molar-refractivity contribution in [3.63, 3.8) is 0 Å². The first-order valence-corrected chi connectivity index (χ1v) is 7.00. The highest BCUT2D eigenvalue weighted by molar-refractivity contribution is 5.62. The Hall–Kier alpha value is -1.65. The van der Waals surface area contributed by atoms with E-state index >= 15 is 0 Å². The number of nitro benzene ring substituents is 1. The van der Waals surface area contributed by atoms with Gasteiger partial charge in [0, 0.05) is 12.1 Å². The molecule has 0 aliphatic rings. The number of hydrogen-bond acceptors (Lipinski definition) is 3. The van der Waals surface area contributed by atoms with Gasteiger partial charge in [0.05, 0.1) is 4.92 Å². The summed E-state index contributed by atoms with van der Waals surface area (Å²) in [6.07, 6.45) is 1.70. The molecular weight excluding hydrogens is 259 g/mol. The number of halogens is 1. The summed E-state index contributed by atoms with van der Waals surface area (Å²) in [5.74, 6) is 0.311. The highest BCUT2D eigenvalue weighted by atomic mass is 19.1. The Balaban J connectivity index is 3.00. The minimum Gasteiger partial charge on any atom is -0.374 e. The summed E-state index contributed by atoms with van der Waals surface area (Å²) in [7, 11) is 0. The first-order valence-electron chi connectivity index (χ1n) is 7.00. The number of nitrogens with one attached hydrogen (secondary N) is 1. The maximum absolute atomic E-state index is 13.9. The van der Waals surface area contributed by atoms with Gasteiger partial charge in [0.25, 0.3) is 5.69 Å². The highest BCUT2D eigenvalue weighted by Crippen LogP contribution is 2.29. The molecule has 0 unspecified atom stereocenters. The first kappa shape index (κ1) is 16.4. The molecule has 112 valence electrons. The summed E-state index contributed by atoms with van der Waals surface area (Å²) in [5, 5.41) is 14.0. The normalized spacial score (nSPS) is 11.4. The molecule has 0 atom stereocenters. The molecule has 1 rings (SSSR count). The smallest absolute Gasteiger partial charge is 0.295 e. The Labute approximate surface area is 119 Å². The zero-order chi connectivity index (χ0) is 15.3. The molecule has 0 saturated heterocycles. The second-order valence-corrected chi connectivity index (χ2v) is 5.99. The van der Waals surface area contributed by atoms with Gasteiger partial charge in [-0.3, -0.25) is 10.1 Å². The summed E-state index contributed by atoms with van der Waals surface area (Å²) in [6.45, 7) is 8.35. The second-order valence-electron chi connectivity index (χ2n) is 5.99. The predicted octanol–water partition coefficient (Wildman–Crippen LogP) is 4.61. The Morgan fingerprint density at radius 2 is 1.75 bits per heavy atom. The average Bonchev–Trinajstić information content (AvgIpc) is 2.29. The van der Waals surface area contributed by atoms with Gasteiger partial charge in [0.1, 0.15) is 5.69 Å².